The summed E-state index contributed by atoms with van der Waals surface area (Å²) in [5.41, 5.74) is 0. The molecule has 0 aliphatic carbocycles. The van der Waals surface area contributed by atoms with Crippen LogP contribution in [0.1, 0.15) is 27.7 Å². The molecule has 0 heterocycles. The quantitative estimate of drug-likeness (QED) is 0.553. The van der Waals surface area contributed by atoms with Crippen LogP contribution >= 0.6 is 0 Å². The lowest BCUT2D eigenvalue weighted by atomic mass is 10.7. The molecule has 5 nitrogen and oxygen atoms in total. The first-order valence-electron chi connectivity index (χ1n) is 4.72. The van der Waals surface area contributed by atoms with Crippen molar-refractivity contribution < 1.29 is 19.4 Å². The van der Waals surface area contributed by atoms with Crippen molar-refractivity contribution >= 4 is 6.29 Å². The van der Waals surface area contributed by atoms with E-state index in [1.807, 2.05) is 20.8 Å². The molecule has 0 bridgehead atoms. The number of aldehydes is 1. The third-order valence-corrected chi connectivity index (χ3v) is 0.877. The van der Waals surface area contributed by atoms with Crippen LogP contribution in [0, 0.1) is 11.3 Å². The van der Waals surface area contributed by atoms with Crippen LogP contribution in [-0.2, 0) is 14.3 Å². The number of ether oxygens (including phenoxy) is 2. The van der Waals surface area contributed by atoms with Gasteiger partial charge in [-0.2, -0.15) is 5.26 Å². The summed E-state index contributed by atoms with van der Waals surface area (Å²) in [6, 6.07) is 1.75. The van der Waals surface area contributed by atoms with Gasteiger partial charge >= 0.3 is 0 Å². The van der Waals surface area contributed by atoms with Crippen molar-refractivity contribution in [2.75, 3.05) is 19.8 Å². The van der Waals surface area contributed by atoms with Crippen LogP contribution in [-0.4, -0.2) is 37.5 Å². The van der Waals surface area contributed by atoms with Gasteiger partial charge < -0.3 is 19.4 Å². The van der Waals surface area contributed by atoms with E-state index in [1.54, 1.807) is 6.07 Å². The minimum Gasteiger partial charge on any atom is -0.389 e. The Morgan fingerprint density at radius 3 is 1.80 bits per heavy atom. The number of aliphatic hydroxyl groups excluding tert-OH is 1. The Hall–Kier alpha value is -0.960. The Morgan fingerprint density at radius 2 is 1.67 bits per heavy atom. The van der Waals surface area contributed by atoms with Gasteiger partial charge in [0, 0.05) is 20.1 Å². The molecule has 0 fully saturated rings. The number of hydrogen-bond donors (Lipinski definition) is 1. The van der Waals surface area contributed by atoms with E-state index in [1.165, 1.54) is 6.92 Å². The van der Waals surface area contributed by atoms with Crippen LogP contribution in [0.3, 0.4) is 0 Å². The SMILES string of the molecule is CC#N.CCOC(C)OCC.O=CCO. The molecule has 15 heavy (non-hydrogen) atoms. The van der Waals surface area contributed by atoms with Crippen LogP contribution in [0.2, 0.25) is 0 Å². The highest BCUT2D eigenvalue weighted by atomic mass is 16.7. The minimum absolute atomic E-state index is 0.0370. The summed E-state index contributed by atoms with van der Waals surface area (Å²) in [5.74, 6) is 0. The standard InChI is InChI=1S/C6H14O2.C2H3N.C2H4O2/c1-4-7-6(3)8-5-2;1-2-3;3-1-2-4/h6H,4-5H2,1-3H3;1H3;1,4H,2H2. The van der Waals surface area contributed by atoms with E-state index in [4.69, 9.17) is 24.6 Å². The van der Waals surface area contributed by atoms with Crippen LogP contribution in [0.15, 0.2) is 0 Å². The maximum atomic E-state index is 8.92. The van der Waals surface area contributed by atoms with Gasteiger partial charge in [-0.05, 0) is 20.8 Å². The molecule has 0 aromatic heterocycles. The molecule has 0 spiro atoms. The summed E-state index contributed by atoms with van der Waals surface area (Å²) in [4.78, 5) is 8.92. The number of nitrogens with zero attached hydrogens (tertiary/aromatic N) is 1. The molecule has 0 atom stereocenters. The van der Waals surface area contributed by atoms with Crippen LogP contribution in [0.5, 0.6) is 0 Å². The second-order valence-electron chi connectivity index (χ2n) is 2.05. The monoisotopic (exact) mass is 219 g/mol. The Kier molecular flexibility index (Phi) is 30.2. The average Bonchev–Trinajstić information content (AvgIpc) is 2.20. The largest absolute Gasteiger partial charge is 0.389 e. The predicted molar refractivity (Wildman–Crippen MR) is 57.2 cm³/mol. The molecule has 0 saturated carbocycles. The number of nitriles is 1. The van der Waals surface area contributed by atoms with Gasteiger partial charge in [0.15, 0.2) is 6.29 Å². The van der Waals surface area contributed by atoms with Gasteiger partial charge in [-0.25, -0.2) is 0 Å². The smallest absolute Gasteiger partial charge is 0.154 e. The third-order valence-electron chi connectivity index (χ3n) is 0.877. The molecule has 5 heteroatoms. The van der Waals surface area contributed by atoms with E-state index in [0.29, 0.717) is 6.29 Å². The molecular formula is C10H21NO4. The van der Waals surface area contributed by atoms with E-state index < -0.39 is 0 Å². The molecule has 0 aromatic rings. The Labute approximate surface area is 91.6 Å². The van der Waals surface area contributed by atoms with Crippen LogP contribution in [0.25, 0.3) is 0 Å². The van der Waals surface area contributed by atoms with Gasteiger partial charge in [0.1, 0.15) is 6.29 Å². The van der Waals surface area contributed by atoms with E-state index in [-0.39, 0.29) is 12.9 Å². The van der Waals surface area contributed by atoms with Crippen LogP contribution in [0.4, 0.5) is 0 Å². The molecule has 0 rings (SSSR count). The van der Waals surface area contributed by atoms with E-state index >= 15 is 0 Å². The van der Waals surface area contributed by atoms with Crippen molar-refractivity contribution in [3.63, 3.8) is 0 Å². The lowest BCUT2D eigenvalue weighted by Gasteiger charge is -2.09. The first-order valence-corrected chi connectivity index (χ1v) is 4.72. The summed E-state index contributed by atoms with van der Waals surface area (Å²) >= 11 is 0. The Balaban J connectivity index is -0.000000173. The lowest BCUT2D eigenvalue weighted by molar-refractivity contribution is -0.123. The fourth-order valence-corrected chi connectivity index (χ4v) is 0.518. The summed E-state index contributed by atoms with van der Waals surface area (Å²) < 4.78 is 10.1. The van der Waals surface area contributed by atoms with E-state index in [0.717, 1.165) is 13.2 Å². The fraction of sp³-hybridized carbons (Fsp3) is 0.800. The zero-order valence-corrected chi connectivity index (χ0v) is 9.90. The van der Waals surface area contributed by atoms with Crippen molar-refractivity contribution in [1.82, 2.24) is 0 Å². The Morgan fingerprint density at radius 1 is 1.40 bits per heavy atom. The lowest BCUT2D eigenvalue weighted by Crippen LogP contribution is -2.11. The molecule has 90 valence electrons. The van der Waals surface area contributed by atoms with Crippen molar-refractivity contribution in [2.45, 2.75) is 34.0 Å². The van der Waals surface area contributed by atoms with Gasteiger partial charge in [0.25, 0.3) is 0 Å². The maximum Gasteiger partial charge on any atom is 0.154 e. The Bertz CT molecular complexity index is 139. The molecule has 0 amide bonds. The van der Waals surface area contributed by atoms with Gasteiger partial charge in [0.05, 0.1) is 12.7 Å². The van der Waals surface area contributed by atoms with E-state index in [2.05, 4.69) is 0 Å². The highest BCUT2D eigenvalue weighted by Crippen LogP contribution is 1.90. The molecule has 0 unspecified atom stereocenters. The van der Waals surface area contributed by atoms with E-state index in [9.17, 15) is 0 Å². The number of carbonyl (C=O) groups excluding carboxylic acids is 1. The first-order chi connectivity index (χ1) is 7.14. The average molecular weight is 219 g/mol. The van der Waals surface area contributed by atoms with Gasteiger partial charge in [-0.1, -0.05) is 0 Å². The fourth-order valence-electron chi connectivity index (χ4n) is 0.518. The van der Waals surface area contributed by atoms with Crippen LogP contribution < -0.4 is 0 Å². The number of carbonyl (C=O) groups is 1. The van der Waals surface area contributed by atoms with Crippen molar-refractivity contribution in [1.29, 1.82) is 5.26 Å². The normalized spacial score (nSPS) is 7.80. The molecule has 0 aliphatic heterocycles. The second-order valence-corrected chi connectivity index (χ2v) is 2.05. The summed E-state index contributed by atoms with van der Waals surface area (Å²) in [5, 5.41) is 14.8. The number of aliphatic hydroxyl groups is 1. The molecule has 0 saturated heterocycles. The molecule has 1 N–H and O–H groups in total. The third kappa shape index (κ3) is 43.6. The minimum atomic E-state index is -0.361. The van der Waals surface area contributed by atoms with Crippen molar-refractivity contribution in [3.05, 3.63) is 0 Å². The second kappa shape index (κ2) is 23.1. The molecule has 0 aliphatic rings. The summed E-state index contributed by atoms with van der Waals surface area (Å²) in [6.45, 7) is 8.32. The number of hydrogen-bond acceptors (Lipinski definition) is 5. The number of rotatable bonds is 5. The van der Waals surface area contributed by atoms with Gasteiger partial charge in [0.2, 0.25) is 0 Å². The maximum absolute atomic E-state index is 8.92. The highest BCUT2D eigenvalue weighted by molar-refractivity contribution is 5.49. The first kappa shape index (κ1) is 19.6. The van der Waals surface area contributed by atoms with Crippen molar-refractivity contribution in [2.24, 2.45) is 0 Å². The van der Waals surface area contributed by atoms with Gasteiger partial charge in [-0.3, -0.25) is 0 Å². The topological polar surface area (TPSA) is 79.5 Å². The zero-order chi connectivity index (χ0) is 12.5. The van der Waals surface area contributed by atoms with Gasteiger partial charge in [-0.15, -0.1) is 0 Å². The molecule has 0 aromatic carbocycles. The zero-order valence-electron chi connectivity index (χ0n) is 9.90. The summed E-state index contributed by atoms with van der Waals surface area (Å²) in [6.07, 6.45) is 0.394. The molecule has 0 radical (unpaired) electrons. The van der Waals surface area contributed by atoms with Crippen molar-refractivity contribution in [3.8, 4) is 6.07 Å². The molecular weight excluding hydrogens is 198 g/mol. The predicted octanol–water partition coefficient (Wildman–Crippen LogP) is 1.11. The highest BCUT2D eigenvalue weighted by Gasteiger charge is 1.94. The summed E-state index contributed by atoms with van der Waals surface area (Å²) in [7, 11) is 0.